The fourth-order valence-electron chi connectivity index (χ4n) is 1.16. The Morgan fingerprint density at radius 2 is 2.12 bits per heavy atom. The van der Waals surface area contributed by atoms with Gasteiger partial charge in [-0.25, -0.2) is 0 Å². The Bertz CT molecular complexity index is 234. The summed E-state index contributed by atoms with van der Waals surface area (Å²) >= 11 is 4.23. The van der Waals surface area contributed by atoms with Gasteiger partial charge in [-0.3, -0.25) is 0 Å². The third-order valence-corrected chi connectivity index (χ3v) is 3.52. The summed E-state index contributed by atoms with van der Waals surface area (Å²) in [4.78, 5) is 0. The van der Waals surface area contributed by atoms with Crippen LogP contribution in [0.2, 0.25) is 0 Å². The summed E-state index contributed by atoms with van der Waals surface area (Å²) in [6, 6.07) is 0. The van der Waals surface area contributed by atoms with Crippen molar-refractivity contribution in [3.63, 3.8) is 0 Å². The van der Waals surface area contributed by atoms with Crippen LogP contribution in [-0.2, 0) is 16.5 Å². The van der Waals surface area contributed by atoms with E-state index in [2.05, 4.69) is 61.9 Å². The van der Waals surface area contributed by atoms with E-state index in [1.165, 1.54) is 16.4 Å². The quantitative estimate of drug-likeness (QED) is 0.238. The van der Waals surface area contributed by atoms with Crippen molar-refractivity contribution in [2.45, 2.75) is 16.8 Å². The molecule has 0 aliphatic carbocycles. The molecule has 0 amide bonds. The molecule has 0 N–H and O–H groups in total. The topological polar surface area (TPSA) is 28.2 Å². The van der Waals surface area contributed by atoms with E-state index in [0.29, 0.717) is 0 Å². The van der Waals surface area contributed by atoms with Gasteiger partial charge in [-0.2, -0.15) is 6.20 Å². The molecule has 0 bridgehead atoms. The molecule has 2 aliphatic heterocycles. The number of allylic oxidation sites excluding steroid dienone is 2. The zero-order chi connectivity index (χ0) is 12.9. The van der Waals surface area contributed by atoms with Crippen LogP contribution in [0.25, 0.3) is 10.6 Å². The third-order valence-electron chi connectivity index (χ3n) is 1.86. The maximum atomic E-state index is 4.88. The Labute approximate surface area is 147 Å². The van der Waals surface area contributed by atoms with Crippen LogP contribution < -0.4 is 0 Å². The van der Waals surface area contributed by atoms with Crippen molar-refractivity contribution in [3.8, 4) is 0 Å². The average Bonchev–Trinajstić information content (AvgIpc) is 2.33. The number of nitrogens with zero attached hydrogens (tertiary/aromatic N) is 2. The molecule has 0 radical (unpaired) electrons. The molecular weight excluding hydrogens is 668 g/mol. The molecule has 2 nitrogen and oxygen atoms in total. The first kappa shape index (κ1) is 19.0. The molecule has 102 valence electrons. The molecule has 0 aromatic heterocycles. The van der Waals surface area contributed by atoms with Crippen LogP contribution in [0.3, 0.4) is 0 Å². The number of halogens is 4. The van der Waals surface area contributed by atoms with Crippen LogP contribution in [0.1, 0.15) is 12.8 Å². The van der Waals surface area contributed by atoms with Crippen molar-refractivity contribution in [2.75, 3.05) is 19.6 Å². The molecule has 0 aromatic carbocycles. The zero-order valence-corrected chi connectivity index (χ0v) is 17.2. The van der Waals surface area contributed by atoms with Crippen molar-refractivity contribution >= 4 is 64.0 Å². The monoisotopic (exact) mass is 681 g/mol. The summed E-state index contributed by atoms with van der Waals surface area (Å²) in [6.07, 6.45) is 8.67. The number of alkyl halides is 1. The molecule has 0 saturated carbocycles. The van der Waals surface area contributed by atoms with Crippen molar-refractivity contribution in [2.24, 2.45) is 0 Å². The Morgan fingerprint density at radius 3 is 2.35 bits per heavy atom. The maximum absolute atomic E-state index is 4.88. The summed E-state index contributed by atoms with van der Waals surface area (Å²) in [7, 11) is 9.75. The van der Waals surface area contributed by atoms with Gasteiger partial charge in [0, 0.05) is 0 Å². The van der Waals surface area contributed by atoms with Crippen molar-refractivity contribution in [1.29, 1.82) is 0 Å². The van der Waals surface area contributed by atoms with Gasteiger partial charge in [0.05, 0.1) is 0 Å². The van der Waals surface area contributed by atoms with Crippen molar-refractivity contribution in [1.82, 2.24) is 0 Å². The molecule has 1 saturated heterocycles. The molecule has 1 atom stereocenters. The van der Waals surface area contributed by atoms with E-state index >= 15 is 0 Å². The first-order valence-electron chi connectivity index (χ1n) is 4.99. The van der Waals surface area contributed by atoms with E-state index in [4.69, 9.17) is 18.8 Å². The summed E-state index contributed by atoms with van der Waals surface area (Å²) in [5, 5.41) is 8.25. The molecule has 2 heterocycles. The predicted octanol–water partition coefficient (Wildman–Crippen LogP) is 5.54. The standard InChI is InChI=1S/C5H9IN.C5H5IN.2ClH.Pt/c2*6-5-2-1-3-7-4-5;;;/h5H,1-4H2;1-2,4H,3H2;2*1H;/q2*-1;;;+4/p-2. The van der Waals surface area contributed by atoms with Crippen LogP contribution in [0.5, 0.6) is 0 Å². The minimum atomic E-state index is -0.472. The molecular formula is C10H14Cl2I2N2Pt. The number of rotatable bonds is 0. The Hall–Kier alpha value is 1.97. The van der Waals surface area contributed by atoms with Gasteiger partial charge in [0.25, 0.3) is 0 Å². The van der Waals surface area contributed by atoms with Gasteiger partial charge in [-0.1, -0.05) is 35.1 Å². The third kappa shape index (κ3) is 14.2. The van der Waals surface area contributed by atoms with E-state index in [0.717, 1.165) is 23.6 Å². The van der Waals surface area contributed by atoms with E-state index in [1.54, 1.807) is 0 Å². The summed E-state index contributed by atoms with van der Waals surface area (Å²) in [6.45, 7) is 3.06. The van der Waals surface area contributed by atoms with Crippen molar-refractivity contribution in [3.05, 3.63) is 32.6 Å². The van der Waals surface area contributed by atoms with E-state index in [-0.39, 0.29) is 0 Å². The van der Waals surface area contributed by atoms with Gasteiger partial charge in [0.1, 0.15) is 0 Å². The number of hydrogen-bond acceptors (Lipinski definition) is 0. The van der Waals surface area contributed by atoms with Crippen LogP contribution in [-0.4, -0.2) is 23.6 Å². The first-order chi connectivity index (χ1) is 8.20. The molecule has 1 unspecified atom stereocenters. The SMILES string of the molecule is IC1=C[N-]CC=C1.IC1CCC[N-]C1.[Cl][Pt+2][Cl]. The van der Waals surface area contributed by atoms with Crippen LogP contribution >= 0.6 is 64.0 Å². The Balaban J connectivity index is 0.000000247. The van der Waals surface area contributed by atoms with Gasteiger partial charge >= 0.3 is 35.3 Å². The molecule has 17 heavy (non-hydrogen) atoms. The van der Waals surface area contributed by atoms with Gasteiger partial charge in [0.15, 0.2) is 0 Å². The average molecular weight is 682 g/mol. The van der Waals surface area contributed by atoms with Gasteiger partial charge < -0.3 is 10.6 Å². The fourth-order valence-corrected chi connectivity index (χ4v) is 2.33. The van der Waals surface area contributed by atoms with E-state index in [1.807, 2.05) is 12.3 Å². The second kappa shape index (κ2) is 14.4. The predicted molar refractivity (Wildman–Crippen MR) is 91.3 cm³/mol. The van der Waals surface area contributed by atoms with Crippen LogP contribution in [0, 0.1) is 0 Å². The fraction of sp³-hybridized carbons (Fsp3) is 0.600. The second-order valence-electron chi connectivity index (χ2n) is 3.20. The van der Waals surface area contributed by atoms with E-state index < -0.39 is 16.5 Å². The second-order valence-corrected chi connectivity index (χ2v) is 9.49. The Kier molecular flexibility index (Phi) is 16.0. The molecule has 1 fully saturated rings. The van der Waals surface area contributed by atoms with Gasteiger partial charge in [-0.15, -0.1) is 25.7 Å². The first-order valence-corrected chi connectivity index (χ1v) is 12.9. The zero-order valence-electron chi connectivity index (χ0n) is 9.07. The summed E-state index contributed by atoms with van der Waals surface area (Å²) < 4.78 is 2.05. The molecule has 2 rings (SSSR count). The Morgan fingerprint density at radius 1 is 1.41 bits per heavy atom. The number of piperidine rings is 1. The summed E-state index contributed by atoms with van der Waals surface area (Å²) in [5.41, 5.74) is 0. The number of hydrogen-bond donors (Lipinski definition) is 0. The molecule has 0 aromatic rings. The minimum absolute atomic E-state index is 0.472. The van der Waals surface area contributed by atoms with Crippen molar-refractivity contribution < 1.29 is 16.5 Å². The summed E-state index contributed by atoms with van der Waals surface area (Å²) in [5.74, 6) is 0. The molecule has 0 spiro atoms. The van der Waals surface area contributed by atoms with Crippen LogP contribution in [0.15, 0.2) is 21.9 Å². The molecule has 2 aliphatic rings. The normalized spacial score (nSPS) is 22.4. The van der Waals surface area contributed by atoms with Gasteiger partial charge in [-0.05, 0) is 36.5 Å². The van der Waals surface area contributed by atoms with Crippen LogP contribution in [0.4, 0.5) is 0 Å². The van der Waals surface area contributed by atoms with E-state index in [9.17, 15) is 0 Å². The molecule has 7 heteroatoms. The van der Waals surface area contributed by atoms with Gasteiger partial charge in [0.2, 0.25) is 0 Å².